The summed E-state index contributed by atoms with van der Waals surface area (Å²) in [5.74, 6) is -0.0122. The van der Waals surface area contributed by atoms with Crippen LogP contribution in [0.4, 0.5) is 5.69 Å². The van der Waals surface area contributed by atoms with Gasteiger partial charge in [0.15, 0.2) is 0 Å². The second-order valence-electron chi connectivity index (χ2n) is 5.16. The second kappa shape index (κ2) is 6.31. The number of anilines is 1. The molecule has 116 valence electrons. The maximum atomic E-state index is 12.1. The summed E-state index contributed by atoms with van der Waals surface area (Å²) < 4.78 is 0. The second-order valence-corrected chi connectivity index (χ2v) is 5.16. The molecule has 0 radical (unpaired) electrons. The van der Waals surface area contributed by atoms with Crippen LogP contribution in [0.5, 0.6) is 0 Å². The summed E-state index contributed by atoms with van der Waals surface area (Å²) in [6, 6.07) is 14.4. The molecule has 0 unspecified atom stereocenters. The lowest BCUT2D eigenvalue weighted by atomic mass is 10.1. The van der Waals surface area contributed by atoms with Gasteiger partial charge in [-0.2, -0.15) is 0 Å². The lowest BCUT2D eigenvalue weighted by Gasteiger charge is -2.08. The molecule has 4 N–H and O–H groups in total. The van der Waals surface area contributed by atoms with Crippen LogP contribution in [0.3, 0.4) is 0 Å². The lowest BCUT2D eigenvalue weighted by molar-refractivity contribution is -0.116. The van der Waals surface area contributed by atoms with E-state index in [2.05, 4.69) is 15.3 Å². The molecule has 1 heterocycles. The number of aromatic amines is 1. The van der Waals surface area contributed by atoms with E-state index >= 15 is 0 Å². The molecule has 0 saturated carbocycles. The molecule has 2 aromatic carbocycles. The van der Waals surface area contributed by atoms with E-state index in [0.29, 0.717) is 17.7 Å². The van der Waals surface area contributed by atoms with E-state index in [1.54, 1.807) is 24.3 Å². The predicted molar refractivity (Wildman–Crippen MR) is 88.0 cm³/mol. The summed E-state index contributed by atoms with van der Waals surface area (Å²) in [5.41, 5.74) is 7.84. The van der Waals surface area contributed by atoms with Gasteiger partial charge in [-0.25, -0.2) is 4.98 Å². The van der Waals surface area contributed by atoms with E-state index in [1.807, 2.05) is 24.3 Å². The molecule has 6 heteroatoms. The highest BCUT2D eigenvalue weighted by Crippen LogP contribution is 2.15. The number of nitrogens with one attached hydrogen (secondary N) is 2. The van der Waals surface area contributed by atoms with E-state index < -0.39 is 5.91 Å². The normalized spacial score (nSPS) is 10.6. The fourth-order valence-electron chi connectivity index (χ4n) is 2.38. The van der Waals surface area contributed by atoms with Gasteiger partial charge >= 0.3 is 0 Å². The molecular formula is C17H16N4O2. The van der Waals surface area contributed by atoms with Crippen LogP contribution in [0.2, 0.25) is 0 Å². The number of aryl methyl sites for hydroxylation is 1. The smallest absolute Gasteiger partial charge is 0.250 e. The third-order valence-electron chi connectivity index (χ3n) is 3.49. The first kappa shape index (κ1) is 14.8. The fraction of sp³-hybridized carbons (Fsp3) is 0.118. The number of H-pyrrole nitrogens is 1. The highest BCUT2D eigenvalue weighted by molar-refractivity contribution is 6.03. The average molecular weight is 308 g/mol. The number of imidazole rings is 1. The number of carbonyl (C=O) groups excluding carboxylic acids is 2. The summed E-state index contributed by atoms with van der Waals surface area (Å²) in [7, 11) is 0. The Hall–Kier alpha value is -3.15. The molecule has 0 spiro atoms. The van der Waals surface area contributed by atoms with E-state index in [1.165, 1.54) is 0 Å². The number of amides is 2. The van der Waals surface area contributed by atoms with Crippen molar-refractivity contribution in [3.8, 4) is 0 Å². The molecule has 0 atom stereocenters. The third-order valence-corrected chi connectivity index (χ3v) is 3.49. The zero-order valence-corrected chi connectivity index (χ0v) is 12.4. The number of aromatic nitrogens is 2. The summed E-state index contributed by atoms with van der Waals surface area (Å²) in [6.45, 7) is 0. The number of rotatable bonds is 5. The molecule has 2 amide bonds. The first-order valence-corrected chi connectivity index (χ1v) is 7.26. The standard InChI is InChI=1S/C17H16N4O2/c18-17(23)11-5-1-2-6-12(11)21-16(22)10-9-15-19-13-7-3-4-8-14(13)20-15/h1-8H,9-10H2,(H2,18,23)(H,19,20)(H,21,22). The molecule has 0 bridgehead atoms. The van der Waals surface area contributed by atoms with Gasteiger partial charge in [-0.15, -0.1) is 0 Å². The Kier molecular flexibility index (Phi) is 4.05. The highest BCUT2D eigenvalue weighted by atomic mass is 16.2. The minimum atomic E-state index is -0.571. The van der Waals surface area contributed by atoms with Gasteiger partial charge in [0.25, 0.3) is 5.91 Å². The van der Waals surface area contributed by atoms with Gasteiger partial charge in [-0.05, 0) is 24.3 Å². The van der Waals surface area contributed by atoms with Crippen molar-refractivity contribution in [2.45, 2.75) is 12.8 Å². The van der Waals surface area contributed by atoms with Crippen LogP contribution in [0.15, 0.2) is 48.5 Å². The van der Waals surface area contributed by atoms with Gasteiger partial charge in [0.05, 0.1) is 22.3 Å². The number of carbonyl (C=O) groups is 2. The van der Waals surface area contributed by atoms with Gasteiger partial charge in [-0.1, -0.05) is 24.3 Å². The minimum absolute atomic E-state index is 0.195. The number of nitrogens with two attached hydrogens (primary N) is 1. The van der Waals surface area contributed by atoms with Crippen molar-refractivity contribution in [2.75, 3.05) is 5.32 Å². The zero-order chi connectivity index (χ0) is 16.2. The Bertz CT molecular complexity index is 837. The lowest BCUT2D eigenvalue weighted by Crippen LogP contribution is -2.18. The summed E-state index contributed by atoms with van der Waals surface area (Å²) >= 11 is 0. The van der Waals surface area contributed by atoms with Crippen molar-refractivity contribution in [3.05, 3.63) is 59.9 Å². The average Bonchev–Trinajstić information content (AvgIpc) is 2.96. The van der Waals surface area contributed by atoms with Gasteiger partial charge < -0.3 is 16.0 Å². The van der Waals surface area contributed by atoms with Crippen LogP contribution in [-0.2, 0) is 11.2 Å². The monoisotopic (exact) mass is 308 g/mol. The van der Waals surface area contributed by atoms with Gasteiger partial charge in [0.1, 0.15) is 5.82 Å². The van der Waals surface area contributed by atoms with Crippen LogP contribution >= 0.6 is 0 Å². The molecular weight excluding hydrogens is 292 g/mol. The molecule has 23 heavy (non-hydrogen) atoms. The summed E-state index contributed by atoms with van der Waals surface area (Å²) in [4.78, 5) is 31.0. The predicted octanol–water partition coefficient (Wildman–Crippen LogP) is 2.23. The van der Waals surface area contributed by atoms with Crippen LogP contribution < -0.4 is 11.1 Å². The van der Waals surface area contributed by atoms with E-state index in [4.69, 9.17) is 5.73 Å². The van der Waals surface area contributed by atoms with Gasteiger partial charge in [0.2, 0.25) is 5.91 Å². The van der Waals surface area contributed by atoms with Crippen molar-refractivity contribution in [1.82, 2.24) is 9.97 Å². The van der Waals surface area contributed by atoms with Crippen molar-refractivity contribution in [3.63, 3.8) is 0 Å². The van der Waals surface area contributed by atoms with E-state index in [9.17, 15) is 9.59 Å². The third kappa shape index (κ3) is 3.37. The van der Waals surface area contributed by atoms with Crippen LogP contribution in [0, 0.1) is 0 Å². The highest BCUT2D eigenvalue weighted by Gasteiger charge is 2.11. The van der Waals surface area contributed by atoms with Gasteiger partial charge in [0, 0.05) is 12.8 Å². The molecule has 3 aromatic rings. The Balaban J connectivity index is 1.65. The number of hydrogen-bond acceptors (Lipinski definition) is 3. The topological polar surface area (TPSA) is 101 Å². The first-order valence-electron chi connectivity index (χ1n) is 7.26. The Labute approximate surface area is 132 Å². The van der Waals surface area contributed by atoms with Crippen molar-refractivity contribution in [2.24, 2.45) is 5.73 Å². The largest absolute Gasteiger partial charge is 0.366 e. The Morgan fingerprint density at radius 1 is 1.09 bits per heavy atom. The molecule has 6 nitrogen and oxygen atoms in total. The molecule has 0 saturated heterocycles. The van der Waals surface area contributed by atoms with Gasteiger partial charge in [-0.3, -0.25) is 9.59 Å². The summed E-state index contributed by atoms with van der Waals surface area (Å²) in [5, 5.41) is 2.71. The van der Waals surface area contributed by atoms with Crippen molar-refractivity contribution in [1.29, 1.82) is 0 Å². The van der Waals surface area contributed by atoms with E-state index in [0.717, 1.165) is 16.9 Å². The number of primary amides is 1. The zero-order valence-electron chi connectivity index (χ0n) is 12.4. The maximum absolute atomic E-state index is 12.1. The number of fused-ring (bicyclic) bond motifs is 1. The molecule has 0 aliphatic heterocycles. The Morgan fingerprint density at radius 3 is 2.61 bits per heavy atom. The van der Waals surface area contributed by atoms with Crippen molar-refractivity contribution >= 4 is 28.5 Å². The SMILES string of the molecule is NC(=O)c1ccccc1NC(=O)CCc1nc2ccccc2[nH]1. The minimum Gasteiger partial charge on any atom is -0.366 e. The number of hydrogen-bond donors (Lipinski definition) is 3. The molecule has 0 fully saturated rings. The van der Waals surface area contributed by atoms with E-state index in [-0.39, 0.29) is 12.3 Å². The quantitative estimate of drug-likeness (QED) is 0.673. The Morgan fingerprint density at radius 2 is 1.83 bits per heavy atom. The summed E-state index contributed by atoms with van der Waals surface area (Å²) in [6.07, 6.45) is 0.742. The molecule has 3 rings (SSSR count). The maximum Gasteiger partial charge on any atom is 0.250 e. The number of benzene rings is 2. The van der Waals surface area contributed by atoms with Crippen molar-refractivity contribution < 1.29 is 9.59 Å². The fourth-order valence-corrected chi connectivity index (χ4v) is 2.38. The number of para-hydroxylation sites is 3. The van der Waals surface area contributed by atoms with Crippen LogP contribution in [-0.4, -0.2) is 21.8 Å². The van der Waals surface area contributed by atoms with Crippen LogP contribution in [0.25, 0.3) is 11.0 Å². The molecule has 0 aliphatic carbocycles. The van der Waals surface area contributed by atoms with Crippen LogP contribution in [0.1, 0.15) is 22.6 Å². The first-order chi connectivity index (χ1) is 11.1. The molecule has 0 aliphatic rings. The molecule has 1 aromatic heterocycles. The number of nitrogens with zero attached hydrogens (tertiary/aromatic N) is 1.